The molecule has 1 aliphatic heterocycles. The second-order valence-corrected chi connectivity index (χ2v) is 8.62. The van der Waals surface area contributed by atoms with Crippen molar-refractivity contribution in [2.45, 2.75) is 31.7 Å². The van der Waals surface area contributed by atoms with E-state index >= 15 is 0 Å². The van der Waals surface area contributed by atoms with Crippen LogP contribution in [-0.4, -0.2) is 34.3 Å². The van der Waals surface area contributed by atoms with Gasteiger partial charge in [0, 0.05) is 34.6 Å². The monoisotopic (exact) mass is 451 g/mol. The summed E-state index contributed by atoms with van der Waals surface area (Å²) in [6.07, 6.45) is 4.14. The summed E-state index contributed by atoms with van der Waals surface area (Å²) in [5.74, 6) is 0.900. The van der Waals surface area contributed by atoms with Gasteiger partial charge in [0.05, 0.1) is 5.39 Å². The number of fused-ring (bicyclic) bond motifs is 1. The summed E-state index contributed by atoms with van der Waals surface area (Å²) < 4.78 is 1.05. The van der Waals surface area contributed by atoms with E-state index in [1.54, 1.807) is 11.3 Å². The smallest absolute Gasteiger partial charge is 0.225 e. The van der Waals surface area contributed by atoms with Crippen LogP contribution >= 0.6 is 38.9 Å². The Hall–Kier alpha value is -1.21. The molecule has 26 heavy (non-hydrogen) atoms. The highest BCUT2D eigenvalue weighted by Crippen LogP contribution is 2.41. The van der Waals surface area contributed by atoms with E-state index < -0.39 is 0 Å². The summed E-state index contributed by atoms with van der Waals surface area (Å²) in [4.78, 5) is 12.3. The first-order valence-electron chi connectivity index (χ1n) is 8.75. The van der Waals surface area contributed by atoms with Crippen molar-refractivity contribution >= 4 is 54.9 Å². The molecule has 2 aromatic heterocycles. The molecule has 0 saturated carbocycles. The molecule has 0 spiro atoms. The number of aliphatic hydroxyl groups is 1. The zero-order chi connectivity index (χ0) is 18.1. The minimum absolute atomic E-state index is 0.187. The Balaban J connectivity index is 1.87. The first kappa shape index (κ1) is 18.2. The van der Waals surface area contributed by atoms with Crippen LogP contribution in [0.4, 0.5) is 5.82 Å². The van der Waals surface area contributed by atoms with Crippen molar-refractivity contribution in [1.82, 2.24) is 9.97 Å². The Morgan fingerprint density at radius 1 is 1.23 bits per heavy atom. The molecule has 0 radical (unpaired) electrons. The standard InChI is InChI=1S/C19H19BrClN3OS/c20-13-6-4-12(5-7-13)15-11-26-18-16(15)17(22-19(21)23-18)24-9-2-1-3-14(24)8-10-25/h4-7,11,14,25H,1-3,8-10H2. The Morgan fingerprint density at radius 2 is 2.04 bits per heavy atom. The topological polar surface area (TPSA) is 49.2 Å². The van der Waals surface area contributed by atoms with E-state index in [0.717, 1.165) is 57.4 Å². The van der Waals surface area contributed by atoms with E-state index in [4.69, 9.17) is 11.6 Å². The van der Waals surface area contributed by atoms with Crippen molar-refractivity contribution in [2.75, 3.05) is 18.1 Å². The van der Waals surface area contributed by atoms with E-state index in [1.807, 2.05) is 12.1 Å². The average molecular weight is 453 g/mol. The van der Waals surface area contributed by atoms with Gasteiger partial charge in [-0.15, -0.1) is 11.3 Å². The van der Waals surface area contributed by atoms with Gasteiger partial charge in [0.25, 0.3) is 0 Å². The fourth-order valence-corrected chi connectivity index (χ4v) is 5.10. The molecule has 1 saturated heterocycles. The number of hydrogen-bond acceptors (Lipinski definition) is 5. The van der Waals surface area contributed by atoms with Crippen LogP contribution in [0.2, 0.25) is 5.28 Å². The molecule has 136 valence electrons. The molecular formula is C19H19BrClN3OS. The fourth-order valence-electron chi connectivity index (χ4n) is 3.68. The number of anilines is 1. The molecule has 0 bridgehead atoms. The van der Waals surface area contributed by atoms with Crippen LogP contribution in [0.3, 0.4) is 0 Å². The van der Waals surface area contributed by atoms with Gasteiger partial charge in [0.15, 0.2) is 0 Å². The van der Waals surface area contributed by atoms with E-state index in [1.165, 1.54) is 6.42 Å². The van der Waals surface area contributed by atoms with Crippen LogP contribution in [0.25, 0.3) is 21.3 Å². The zero-order valence-corrected chi connectivity index (χ0v) is 17.3. The van der Waals surface area contributed by atoms with Crippen molar-refractivity contribution in [3.05, 3.63) is 39.4 Å². The Labute approximate surface area is 170 Å². The Morgan fingerprint density at radius 3 is 2.81 bits per heavy atom. The molecule has 1 aromatic carbocycles. The van der Waals surface area contributed by atoms with Crippen molar-refractivity contribution in [3.63, 3.8) is 0 Å². The number of thiophene rings is 1. The van der Waals surface area contributed by atoms with Crippen molar-refractivity contribution < 1.29 is 5.11 Å². The number of benzene rings is 1. The molecule has 7 heteroatoms. The highest BCUT2D eigenvalue weighted by Gasteiger charge is 2.27. The van der Waals surface area contributed by atoms with Gasteiger partial charge in [-0.05, 0) is 55.0 Å². The molecular weight excluding hydrogens is 434 g/mol. The van der Waals surface area contributed by atoms with Crippen molar-refractivity contribution in [1.29, 1.82) is 0 Å². The van der Waals surface area contributed by atoms with Crippen LogP contribution in [0, 0.1) is 0 Å². The van der Waals surface area contributed by atoms with Crippen LogP contribution in [0.1, 0.15) is 25.7 Å². The highest BCUT2D eigenvalue weighted by molar-refractivity contribution is 9.10. The van der Waals surface area contributed by atoms with Crippen LogP contribution in [0.15, 0.2) is 34.1 Å². The third kappa shape index (κ3) is 3.48. The molecule has 4 nitrogen and oxygen atoms in total. The number of nitrogens with zero attached hydrogens (tertiary/aromatic N) is 3. The molecule has 1 atom stereocenters. The van der Waals surface area contributed by atoms with Gasteiger partial charge in [-0.2, -0.15) is 4.98 Å². The van der Waals surface area contributed by atoms with Gasteiger partial charge in [0.1, 0.15) is 10.6 Å². The quantitative estimate of drug-likeness (QED) is 0.530. The van der Waals surface area contributed by atoms with Crippen molar-refractivity contribution in [3.8, 4) is 11.1 Å². The van der Waals surface area contributed by atoms with Gasteiger partial charge < -0.3 is 10.0 Å². The summed E-state index contributed by atoms with van der Waals surface area (Å²) in [5, 5.41) is 13.0. The molecule has 3 aromatic rings. The number of hydrogen-bond donors (Lipinski definition) is 1. The van der Waals surface area contributed by atoms with Crippen LogP contribution in [-0.2, 0) is 0 Å². The first-order chi connectivity index (χ1) is 12.7. The zero-order valence-electron chi connectivity index (χ0n) is 14.2. The summed E-state index contributed by atoms with van der Waals surface area (Å²) in [5.41, 5.74) is 2.28. The van der Waals surface area contributed by atoms with Gasteiger partial charge in [-0.1, -0.05) is 28.1 Å². The fraction of sp³-hybridized carbons (Fsp3) is 0.368. The van der Waals surface area contributed by atoms with Crippen LogP contribution < -0.4 is 4.90 Å². The van der Waals surface area contributed by atoms with E-state index in [9.17, 15) is 5.11 Å². The molecule has 3 heterocycles. The Kier molecular flexibility index (Phi) is 5.45. The van der Waals surface area contributed by atoms with Gasteiger partial charge in [-0.3, -0.25) is 0 Å². The minimum atomic E-state index is 0.187. The maximum atomic E-state index is 9.48. The van der Waals surface area contributed by atoms with E-state index in [-0.39, 0.29) is 11.9 Å². The average Bonchev–Trinajstić information content (AvgIpc) is 3.06. The maximum Gasteiger partial charge on any atom is 0.225 e. The second kappa shape index (κ2) is 7.80. The number of aromatic nitrogens is 2. The second-order valence-electron chi connectivity index (χ2n) is 6.51. The molecule has 1 N–H and O–H groups in total. The predicted molar refractivity (Wildman–Crippen MR) is 112 cm³/mol. The molecule has 1 unspecified atom stereocenters. The number of piperidine rings is 1. The predicted octanol–water partition coefficient (Wildman–Crippen LogP) is 5.52. The third-order valence-corrected chi connectivity index (χ3v) is 6.47. The van der Waals surface area contributed by atoms with Gasteiger partial charge in [0.2, 0.25) is 5.28 Å². The minimum Gasteiger partial charge on any atom is -0.396 e. The molecule has 4 rings (SSSR count). The molecule has 0 amide bonds. The van der Waals surface area contributed by atoms with E-state index in [2.05, 4.69) is 48.3 Å². The lowest BCUT2D eigenvalue weighted by atomic mass is 9.98. The molecule has 0 aliphatic carbocycles. The summed E-state index contributed by atoms with van der Waals surface area (Å²) in [6, 6.07) is 8.59. The summed E-state index contributed by atoms with van der Waals surface area (Å²) in [6.45, 7) is 1.12. The number of aliphatic hydroxyl groups excluding tert-OH is 1. The lowest BCUT2D eigenvalue weighted by Crippen LogP contribution is -2.40. The third-order valence-electron chi connectivity index (χ3n) is 4.90. The SMILES string of the molecule is OCCC1CCCCN1c1nc(Cl)nc2scc(-c3ccc(Br)cc3)c12. The number of halogens is 2. The van der Waals surface area contributed by atoms with Crippen LogP contribution in [0.5, 0.6) is 0 Å². The first-order valence-corrected chi connectivity index (χ1v) is 10.8. The largest absolute Gasteiger partial charge is 0.396 e. The summed E-state index contributed by atoms with van der Waals surface area (Å²) >= 11 is 11.3. The van der Waals surface area contributed by atoms with E-state index in [0.29, 0.717) is 6.04 Å². The lowest BCUT2D eigenvalue weighted by molar-refractivity contribution is 0.262. The van der Waals surface area contributed by atoms with Gasteiger partial charge in [-0.25, -0.2) is 4.98 Å². The normalized spacial score (nSPS) is 17.8. The lowest BCUT2D eigenvalue weighted by Gasteiger charge is -2.37. The number of rotatable bonds is 4. The molecule has 1 aliphatic rings. The molecule has 1 fully saturated rings. The Bertz CT molecular complexity index is 913. The maximum absolute atomic E-state index is 9.48. The van der Waals surface area contributed by atoms with Crippen molar-refractivity contribution in [2.24, 2.45) is 0 Å². The van der Waals surface area contributed by atoms with Gasteiger partial charge >= 0.3 is 0 Å². The highest BCUT2D eigenvalue weighted by atomic mass is 79.9. The summed E-state index contributed by atoms with van der Waals surface area (Å²) in [7, 11) is 0.